The number of imidazole rings is 1. The second-order valence-corrected chi connectivity index (χ2v) is 3.11. The Morgan fingerprint density at radius 2 is 2.38 bits per heavy atom. The summed E-state index contributed by atoms with van der Waals surface area (Å²) in [4.78, 5) is 14.5. The van der Waals surface area contributed by atoms with E-state index in [1.54, 1.807) is 10.8 Å². The lowest BCUT2D eigenvalue weighted by molar-refractivity contribution is -0.131. The van der Waals surface area contributed by atoms with Gasteiger partial charge in [-0.1, -0.05) is 0 Å². The van der Waals surface area contributed by atoms with Gasteiger partial charge in [0.15, 0.2) is 0 Å². The van der Waals surface area contributed by atoms with Crippen molar-refractivity contribution in [2.45, 2.75) is 6.92 Å². The maximum Gasteiger partial charge on any atom is 0.341 e. The Balaban J connectivity index is 3.04. The molecule has 1 N–H and O–H groups in total. The number of thiol groups is 1. The SMILES string of the molecule is Cc1ncc(/C=C(\S)C(=O)O)n1C. The molecule has 0 saturated carbocycles. The van der Waals surface area contributed by atoms with E-state index in [2.05, 4.69) is 17.6 Å². The molecule has 0 aromatic carbocycles. The zero-order valence-corrected chi connectivity index (χ0v) is 8.25. The summed E-state index contributed by atoms with van der Waals surface area (Å²) in [6.45, 7) is 1.84. The predicted molar refractivity (Wildman–Crippen MR) is 52.5 cm³/mol. The molecule has 0 unspecified atom stereocenters. The number of aliphatic carboxylic acids is 1. The Morgan fingerprint density at radius 3 is 2.77 bits per heavy atom. The van der Waals surface area contributed by atoms with Gasteiger partial charge < -0.3 is 9.67 Å². The Morgan fingerprint density at radius 1 is 1.77 bits per heavy atom. The maximum atomic E-state index is 10.4. The van der Waals surface area contributed by atoms with Gasteiger partial charge in [-0.05, 0) is 13.0 Å². The summed E-state index contributed by atoms with van der Waals surface area (Å²) in [5.41, 5.74) is 0.727. The number of hydrogen-bond acceptors (Lipinski definition) is 3. The van der Waals surface area contributed by atoms with Crippen molar-refractivity contribution >= 4 is 24.7 Å². The van der Waals surface area contributed by atoms with E-state index in [0.29, 0.717) is 0 Å². The number of carbonyl (C=O) groups is 1. The third-order valence-electron chi connectivity index (χ3n) is 1.76. The first kappa shape index (κ1) is 9.85. The molecule has 1 aromatic rings. The number of carboxylic acids is 1. The van der Waals surface area contributed by atoms with Crippen molar-refractivity contribution in [1.29, 1.82) is 0 Å². The molecule has 13 heavy (non-hydrogen) atoms. The van der Waals surface area contributed by atoms with Gasteiger partial charge in [0.25, 0.3) is 0 Å². The number of nitrogens with zero attached hydrogens (tertiary/aromatic N) is 2. The van der Waals surface area contributed by atoms with Crippen LogP contribution in [0.5, 0.6) is 0 Å². The van der Waals surface area contributed by atoms with E-state index in [0.717, 1.165) is 11.5 Å². The second kappa shape index (κ2) is 3.66. The monoisotopic (exact) mass is 198 g/mol. The topological polar surface area (TPSA) is 55.1 Å². The summed E-state index contributed by atoms with van der Waals surface area (Å²) in [6.07, 6.45) is 3.07. The van der Waals surface area contributed by atoms with E-state index < -0.39 is 5.97 Å². The van der Waals surface area contributed by atoms with Crippen LogP contribution in [-0.2, 0) is 11.8 Å². The lowest BCUT2D eigenvalue weighted by Gasteiger charge is -1.98. The zero-order chi connectivity index (χ0) is 10.0. The molecule has 1 rings (SSSR count). The molecule has 1 heterocycles. The number of carboxylic acid groups (broad SMARTS) is 1. The smallest absolute Gasteiger partial charge is 0.341 e. The molecular weight excluding hydrogens is 188 g/mol. The highest BCUT2D eigenvalue weighted by Gasteiger charge is 2.04. The van der Waals surface area contributed by atoms with Crippen LogP contribution in [0.15, 0.2) is 11.1 Å². The van der Waals surface area contributed by atoms with Gasteiger partial charge in [0, 0.05) is 7.05 Å². The van der Waals surface area contributed by atoms with Crippen LogP contribution < -0.4 is 0 Å². The standard InChI is InChI=1S/C8H10N2O2S/c1-5-9-4-6(10(5)2)3-7(13)8(11)12/h3-4,13H,1-2H3,(H,11,12)/b7-3-. The molecule has 0 aliphatic rings. The fourth-order valence-corrected chi connectivity index (χ4v) is 0.988. The molecule has 0 saturated heterocycles. The molecule has 0 spiro atoms. The Labute approximate surface area is 81.3 Å². The minimum Gasteiger partial charge on any atom is -0.477 e. The summed E-state index contributed by atoms with van der Waals surface area (Å²) >= 11 is 3.81. The number of aromatic nitrogens is 2. The van der Waals surface area contributed by atoms with Gasteiger partial charge in [-0.3, -0.25) is 0 Å². The molecular formula is C8H10N2O2S. The minimum absolute atomic E-state index is 0.00278. The van der Waals surface area contributed by atoms with Gasteiger partial charge >= 0.3 is 5.97 Å². The lowest BCUT2D eigenvalue weighted by atomic mass is 10.4. The number of rotatable bonds is 2. The zero-order valence-electron chi connectivity index (χ0n) is 7.35. The molecule has 5 heteroatoms. The van der Waals surface area contributed by atoms with Crippen molar-refractivity contribution in [3.05, 3.63) is 22.6 Å². The van der Waals surface area contributed by atoms with Gasteiger partial charge in [-0.25, -0.2) is 9.78 Å². The molecule has 0 amide bonds. The molecule has 0 aliphatic heterocycles. The van der Waals surface area contributed by atoms with Crippen LogP contribution in [0.2, 0.25) is 0 Å². The van der Waals surface area contributed by atoms with Crippen LogP contribution in [0.3, 0.4) is 0 Å². The third-order valence-corrected chi connectivity index (χ3v) is 2.08. The summed E-state index contributed by atoms with van der Waals surface area (Å²) in [5.74, 6) is -0.208. The van der Waals surface area contributed by atoms with Crippen molar-refractivity contribution in [2.24, 2.45) is 7.05 Å². The minimum atomic E-state index is -1.04. The number of hydrogen-bond donors (Lipinski definition) is 2. The highest BCUT2D eigenvalue weighted by Crippen LogP contribution is 2.10. The van der Waals surface area contributed by atoms with Crippen molar-refractivity contribution in [3.63, 3.8) is 0 Å². The third kappa shape index (κ3) is 2.12. The van der Waals surface area contributed by atoms with Crippen molar-refractivity contribution in [3.8, 4) is 0 Å². The average molecular weight is 198 g/mol. The lowest BCUT2D eigenvalue weighted by Crippen LogP contribution is -1.97. The molecule has 4 nitrogen and oxygen atoms in total. The van der Waals surface area contributed by atoms with Crippen LogP contribution in [0.25, 0.3) is 6.08 Å². The van der Waals surface area contributed by atoms with E-state index in [4.69, 9.17) is 5.11 Å². The first-order valence-corrected chi connectivity index (χ1v) is 4.09. The highest BCUT2D eigenvalue weighted by atomic mass is 32.1. The molecule has 0 fully saturated rings. The second-order valence-electron chi connectivity index (χ2n) is 2.62. The molecule has 0 atom stereocenters. The summed E-state index contributed by atoms with van der Waals surface area (Å²) in [7, 11) is 1.82. The van der Waals surface area contributed by atoms with E-state index >= 15 is 0 Å². The summed E-state index contributed by atoms with van der Waals surface area (Å²) in [5, 5.41) is 8.57. The highest BCUT2D eigenvalue weighted by molar-refractivity contribution is 7.85. The molecule has 0 aliphatic carbocycles. The van der Waals surface area contributed by atoms with Crippen LogP contribution in [0.4, 0.5) is 0 Å². The van der Waals surface area contributed by atoms with E-state index in [9.17, 15) is 4.79 Å². The Kier molecular flexibility index (Phi) is 2.77. The molecule has 1 aromatic heterocycles. The van der Waals surface area contributed by atoms with E-state index in [-0.39, 0.29) is 4.91 Å². The summed E-state index contributed by atoms with van der Waals surface area (Å²) < 4.78 is 1.79. The van der Waals surface area contributed by atoms with Crippen molar-refractivity contribution < 1.29 is 9.90 Å². The van der Waals surface area contributed by atoms with Crippen LogP contribution in [-0.4, -0.2) is 20.6 Å². The van der Waals surface area contributed by atoms with Gasteiger partial charge in [-0.2, -0.15) is 0 Å². The van der Waals surface area contributed by atoms with Gasteiger partial charge in [0.1, 0.15) is 5.82 Å². The first-order chi connectivity index (χ1) is 6.02. The average Bonchev–Trinajstić information content (AvgIpc) is 2.36. The largest absolute Gasteiger partial charge is 0.477 e. The van der Waals surface area contributed by atoms with Gasteiger partial charge in [-0.15, -0.1) is 12.6 Å². The van der Waals surface area contributed by atoms with Crippen LogP contribution >= 0.6 is 12.6 Å². The van der Waals surface area contributed by atoms with Gasteiger partial charge in [0.2, 0.25) is 0 Å². The number of aryl methyl sites for hydroxylation is 1. The van der Waals surface area contributed by atoms with Crippen molar-refractivity contribution in [1.82, 2.24) is 9.55 Å². The molecule has 0 radical (unpaired) electrons. The summed E-state index contributed by atoms with van der Waals surface area (Å²) in [6, 6.07) is 0. The Hall–Kier alpha value is -1.23. The van der Waals surface area contributed by atoms with Crippen molar-refractivity contribution in [2.75, 3.05) is 0 Å². The maximum absolute atomic E-state index is 10.4. The van der Waals surface area contributed by atoms with Crippen LogP contribution in [0.1, 0.15) is 11.5 Å². The van der Waals surface area contributed by atoms with Crippen LogP contribution in [0, 0.1) is 6.92 Å². The molecule has 70 valence electrons. The first-order valence-electron chi connectivity index (χ1n) is 3.64. The molecule has 0 bridgehead atoms. The normalized spacial score (nSPS) is 11.8. The Bertz CT molecular complexity index is 368. The van der Waals surface area contributed by atoms with E-state index in [1.165, 1.54) is 6.08 Å². The fourth-order valence-electron chi connectivity index (χ4n) is 0.855. The predicted octanol–water partition coefficient (Wildman–Crippen LogP) is 1.08. The quantitative estimate of drug-likeness (QED) is 0.552. The fraction of sp³-hybridized carbons (Fsp3) is 0.250. The van der Waals surface area contributed by atoms with E-state index in [1.807, 2.05) is 14.0 Å². The van der Waals surface area contributed by atoms with Gasteiger partial charge in [0.05, 0.1) is 16.8 Å².